The quantitative estimate of drug-likeness (QED) is 0.147. The minimum atomic E-state index is -0.254. The Balaban J connectivity index is 0.965. The molecule has 0 saturated heterocycles. The van der Waals surface area contributed by atoms with Crippen molar-refractivity contribution in [1.82, 2.24) is 0 Å². The zero-order valence-electron chi connectivity index (χ0n) is 36.2. The van der Waals surface area contributed by atoms with Gasteiger partial charge in [-0.25, -0.2) is 0 Å². The van der Waals surface area contributed by atoms with E-state index in [2.05, 4.69) is 267 Å². The van der Waals surface area contributed by atoms with E-state index in [1.54, 1.807) is 0 Å². The predicted octanol–water partition coefficient (Wildman–Crippen LogP) is 17.5. The first-order valence-electron chi connectivity index (χ1n) is 22.6. The molecule has 1 aliphatic rings. The van der Waals surface area contributed by atoms with E-state index in [0.717, 1.165) is 22.6 Å². The molecule has 0 bridgehead atoms. The van der Waals surface area contributed by atoms with Gasteiger partial charge in [0.05, 0.1) is 5.69 Å². The molecular weight excluding hydrogens is 783 g/mol. The number of anilines is 3. The molecule has 1 atom stereocenters. The van der Waals surface area contributed by atoms with Crippen molar-refractivity contribution < 1.29 is 0 Å². The lowest BCUT2D eigenvalue weighted by Crippen LogP contribution is -2.22. The third-order valence-corrected chi connectivity index (χ3v) is 13.8. The van der Waals surface area contributed by atoms with E-state index >= 15 is 0 Å². The molecule has 0 radical (unpaired) electrons. The fourth-order valence-electron chi connectivity index (χ4n) is 10.5. The highest BCUT2D eigenvalue weighted by molar-refractivity contribution is 5.98. The fraction of sp³-hybridized carbons (Fsp3) is 0.0312. The van der Waals surface area contributed by atoms with Gasteiger partial charge in [0.2, 0.25) is 0 Å². The predicted molar refractivity (Wildman–Crippen MR) is 275 cm³/mol. The summed E-state index contributed by atoms with van der Waals surface area (Å²) >= 11 is 0. The number of nitrogens with zero attached hydrogens (tertiary/aromatic N) is 1. The summed E-state index contributed by atoms with van der Waals surface area (Å²) in [6.07, 6.45) is 0. The van der Waals surface area contributed by atoms with E-state index in [1.165, 1.54) is 88.3 Å². The van der Waals surface area contributed by atoms with Crippen molar-refractivity contribution in [3.8, 4) is 55.6 Å². The van der Waals surface area contributed by atoms with Crippen molar-refractivity contribution in [3.05, 3.63) is 271 Å². The highest BCUT2D eigenvalue weighted by atomic mass is 15.1. The molecule has 0 aromatic heterocycles. The Morgan fingerprint density at radius 3 is 1.57 bits per heavy atom. The number of rotatable bonds is 8. The van der Waals surface area contributed by atoms with Crippen LogP contribution in [0.25, 0.3) is 77.2 Å². The maximum absolute atomic E-state index is 2.42. The molecule has 0 saturated carbocycles. The maximum Gasteiger partial charge on any atom is 0.0540 e. The first kappa shape index (κ1) is 38.4. The van der Waals surface area contributed by atoms with Crippen molar-refractivity contribution in [3.63, 3.8) is 0 Å². The van der Waals surface area contributed by atoms with Gasteiger partial charge in [-0.05, 0) is 132 Å². The van der Waals surface area contributed by atoms with E-state index in [9.17, 15) is 0 Å². The SMILES string of the molecule is CC1(c2ccccc2)c2ccccc2-c2c(-c3ccc(N(c4ccc(-c5cccc6ccccc56)cc4)c4ccccc4-c4ccc(-c5ccc6ccccc6c5)cc4)cc3)cccc21. The summed E-state index contributed by atoms with van der Waals surface area (Å²) in [6.45, 7) is 2.39. The molecule has 0 spiro atoms. The number of para-hydroxylation sites is 1. The smallest absolute Gasteiger partial charge is 0.0540 e. The Labute approximate surface area is 381 Å². The largest absolute Gasteiger partial charge is 0.310 e. The van der Waals surface area contributed by atoms with Gasteiger partial charge in [0.15, 0.2) is 0 Å². The molecule has 65 heavy (non-hydrogen) atoms. The van der Waals surface area contributed by atoms with Crippen LogP contribution in [0, 0.1) is 0 Å². The molecule has 1 nitrogen and oxygen atoms in total. The summed E-state index contributed by atoms with van der Waals surface area (Å²) in [5.41, 5.74) is 19.3. The molecule has 0 N–H and O–H groups in total. The first-order chi connectivity index (χ1) is 32.1. The average Bonchev–Trinajstić information content (AvgIpc) is 3.65. The molecule has 0 heterocycles. The average molecular weight is 828 g/mol. The lowest BCUT2D eigenvalue weighted by molar-refractivity contribution is 0.714. The number of hydrogen-bond donors (Lipinski definition) is 0. The van der Waals surface area contributed by atoms with Crippen molar-refractivity contribution in [2.75, 3.05) is 4.90 Å². The van der Waals surface area contributed by atoms with Gasteiger partial charge in [-0.3, -0.25) is 0 Å². The second kappa shape index (κ2) is 15.8. The molecule has 12 rings (SSSR count). The van der Waals surface area contributed by atoms with Crippen LogP contribution in [0.2, 0.25) is 0 Å². The minimum Gasteiger partial charge on any atom is -0.310 e. The first-order valence-corrected chi connectivity index (χ1v) is 22.6. The second-order valence-electron chi connectivity index (χ2n) is 17.4. The Bertz CT molecular complexity index is 3530. The van der Waals surface area contributed by atoms with E-state index < -0.39 is 0 Å². The Kier molecular flexibility index (Phi) is 9.35. The summed E-state index contributed by atoms with van der Waals surface area (Å²) in [4.78, 5) is 2.42. The van der Waals surface area contributed by atoms with E-state index in [1.807, 2.05) is 0 Å². The van der Waals surface area contributed by atoms with Crippen LogP contribution in [0.3, 0.4) is 0 Å². The zero-order valence-corrected chi connectivity index (χ0v) is 36.2. The molecule has 0 aliphatic heterocycles. The van der Waals surface area contributed by atoms with Crippen molar-refractivity contribution in [2.24, 2.45) is 0 Å². The van der Waals surface area contributed by atoms with Gasteiger partial charge < -0.3 is 4.90 Å². The van der Waals surface area contributed by atoms with E-state index in [0.29, 0.717) is 0 Å². The van der Waals surface area contributed by atoms with Crippen LogP contribution in [0.5, 0.6) is 0 Å². The molecular formula is C64H45N. The van der Waals surface area contributed by atoms with Crippen molar-refractivity contribution in [2.45, 2.75) is 12.3 Å². The zero-order chi connectivity index (χ0) is 43.3. The monoisotopic (exact) mass is 827 g/mol. The van der Waals surface area contributed by atoms with Crippen LogP contribution in [0.1, 0.15) is 23.6 Å². The fourth-order valence-corrected chi connectivity index (χ4v) is 10.5. The molecule has 11 aromatic carbocycles. The molecule has 1 unspecified atom stereocenters. The maximum atomic E-state index is 2.42. The van der Waals surface area contributed by atoms with Crippen LogP contribution in [-0.2, 0) is 5.41 Å². The second-order valence-corrected chi connectivity index (χ2v) is 17.4. The lowest BCUT2D eigenvalue weighted by atomic mass is 9.74. The van der Waals surface area contributed by atoms with Gasteiger partial charge >= 0.3 is 0 Å². The molecule has 1 heteroatoms. The summed E-state index contributed by atoms with van der Waals surface area (Å²) in [6, 6.07) is 93.5. The topological polar surface area (TPSA) is 3.24 Å². The van der Waals surface area contributed by atoms with Gasteiger partial charge in [0.25, 0.3) is 0 Å². The molecule has 0 fully saturated rings. The summed E-state index contributed by atoms with van der Waals surface area (Å²) in [5.74, 6) is 0. The highest BCUT2D eigenvalue weighted by Gasteiger charge is 2.41. The normalized spacial score (nSPS) is 14.0. The van der Waals surface area contributed by atoms with Crippen LogP contribution >= 0.6 is 0 Å². The third kappa shape index (κ3) is 6.55. The number of benzene rings is 11. The highest BCUT2D eigenvalue weighted by Crippen LogP contribution is 2.55. The lowest BCUT2D eigenvalue weighted by Gasteiger charge is -2.29. The third-order valence-electron chi connectivity index (χ3n) is 13.8. The number of fused-ring (bicyclic) bond motifs is 5. The van der Waals surface area contributed by atoms with Crippen molar-refractivity contribution >= 4 is 38.6 Å². The minimum absolute atomic E-state index is 0.254. The molecule has 1 aliphatic carbocycles. The van der Waals surface area contributed by atoms with Crippen LogP contribution in [0.4, 0.5) is 17.1 Å². The van der Waals surface area contributed by atoms with Gasteiger partial charge in [-0.2, -0.15) is 0 Å². The Morgan fingerprint density at radius 2 is 0.800 bits per heavy atom. The van der Waals surface area contributed by atoms with Crippen LogP contribution in [0.15, 0.2) is 255 Å². The summed E-state index contributed by atoms with van der Waals surface area (Å²) in [7, 11) is 0. The standard InChI is InChI=1S/C64H45N/c1-64(52-19-3-2-4-20-52)60-26-11-9-23-59(60)63-58(25-14-27-61(63)64)49-37-41-54(42-38-49)65(53-39-35-47(36-40-53)56-24-13-18-46-16-7-8-21-55(46)56)62-28-12-10-22-57(62)48-32-29-45(30-33-48)51-34-31-44-15-5-6-17-50(44)43-51/h2-43H,1H3. The van der Waals surface area contributed by atoms with Crippen LogP contribution in [-0.4, -0.2) is 0 Å². The van der Waals surface area contributed by atoms with Gasteiger partial charge in [0, 0.05) is 22.4 Å². The van der Waals surface area contributed by atoms with Gasteiger partial charge in [0.1, 0.15) is 0 Å². The van der Waals surface area contributed by atoms with Gasteiger partial charge in [-0.1, -0.05) is 218 Å². The van der Waals surface area contributed by atoms with E-state index in [4.69, 9.17) is 0 Å². The summed E-state index contributed by atoms with van der Waals surface area (Å²) < 4.78 is 0. The van der Waals surface area contributed by atoms with Crippen LogP contribution < -0.4 is 4.90 Å². The summed E-state index contributed by atoms with van der Waals surface area (Å²) in [5, 5.41) is 5.00. The van der Waals surface area contributed by atoms with Gasteiger partial charge in [-0.15, -0.1) is 0 Å². The molecule has 11 aromatic rings. The molecule has 0 amide bonds. The van der Waals surface area contributed by atoms with E-state index in [-0.39, 0.29) is 5.41 Å². The Hall–Kier alpha value is -8.26. The Morgan fingerprint density at radius 1 is 0.308 bits per heavy atom. The number of hydrogen-bond acceptors (Lipinski definition) is 1. The molecule has 306 valence electrons. The van der Waals surface area contributed by atoms with Crippen molar-refractivity contribution in [1.29, 1.82) is 0 Å².